The van der Waals surface area contributed by atoms with Crippen molar-refractivity contribution >= 4 is 52.3 Å². The number of para-hydroxylation sites is 1. The highest BCUT2D eigenvalue weighted by Gasteiger charge is 2.32. The number of hydrogen-bond donors (Lipinski definition) is 11. The number of H-pyrrole nitrogens is 2. The lowest BCUT2D eigenvalue weighted by molar-refractivity contribution is -0.134. The lowest BCUT2D eigenvalue weighted by Gasteiger charge is -2.26. The van der Waals surface area contributed by atoms with Gasteiger partial charge in [-0.1, -0.05) is 37.3 Å². The molecular formula is C38H50N12O7. The number of imidazole rings is 1. The van der Waals surface area contributed by atoms with Gasteiger partial charge in [0.05, 0.1) is 12.9 Å². The maximum absolute atomic E-state index is 14.2. The maximum atomic E-state index is 14.2. The van der Waals surface area contributed by atoms with Crippen LogP contribution >= 0.6 is 0 Å². The van der Waals surface area contributed by atoms with Crippen molar-refractivity contribution in [1.29, 1.82) is 0 Å². The first-order chi connectivity index (χ1) is 27.3. The quantitative estimate of drug-likeness (QED) is 0.0263. The zero-order chi connectivity index (χ0) is 41.3. The van der Waals surface area contributed by atoms with Crippen molar-refractivity contribution in [3.8, 4) is 5.75 Å². The molecule has 2 heterocycles. The van der Waals surface area contributed by atoms with Gasteiger partial charge in [0.1, 0.15) is 29.9 Å². The van der Waals surface area contributed by atoms with Crippen LogP contribution in [0.3, 0.4) is 0 Å². The zero-order valence-corrected chi connectivity index (χ0v) is 31.5. The molecule has 0 radical (unpaired) electrons. The Morgan fingerprint density at radius 2 is 1.44 bits per heavy atom. The molecule has 19 nitrogen and oxygen atoms in total. The van der Waals surface area contributed by atoms with Crippen molar-refractivity contribution < 1.29 is 33.9 Å². The molecule has 0 unspecified atom stereocenters. The van der Waals surface area contributed by atoms with E-state index in [-0.39, 0.29) is 62.7 Å². The van der Waals surface area contributed by atoms with E-state index in [2.05, 4.69) is 46.5 Å². The summed E-state index contributed by atoms with van der Waals surface area (Å²) in [6, 6.07) is 8.51. The van der Waals surface area contributed by atoms with Crippen molar-refractivity contribution in [3.63, 3.8) is 0 Å². The van der Waals surface area contributed by atoms with Gasteiger partial charge in [-0.15, -0.1) is 0 Å². The molecule has 4 rings (SSSR count). The second-order valence-electron chi connectivity index (χ2n) is 13.4. The summed E-state index contributed by atoms with van der Waals surface area (Å²) in [4.78, 5) is 93.7. The van der Waals surface area contributed by atoms with Gasteiger partial charge < -0.3 is 58.9 Å². The van der Waals surface area contributed by atoms with Gasteiger partial charge in [0, 0.05) is 61.2 Å². The van der Waals surface area contributed by atoms with E-state index in [9.17, 15) is 33.9 Å². The Hall–Kier alpha value is -6.92. The number of primary amides is 1. The second-order valence-corrected chi connectivity index (χ2v) is 13.4. The van der Waals surface area contributed by atoms with Crippen molar-refractivity contribution in [2.45, 2.75) is 76.0 Å². The average molecular weight is 787 g/mol. The van der Waals surface area contributed by atoms with Gasteiger partial charge in [0.2, 0.25) is 35.4 Å². The second kappa shape index (κ2) is 21.2. The van der Waals surface area contributed by atoms with Crippen molar-refractivity contribution in [1.82, 2.24) is 41.5 Å². The molecule has 0 fully saturated rings. The third-order valence-corrected chi connectivity index (χ3v) is 8.86. The molecule has 4 aromatic rings. The van der Waals surface area contributed by atoms with Crippen LogP contribution in [0.25, 0.3) is 10.9 Å². The smallest absolute Gasteiger partial charge is 0.243 e. The number of fused-ring (bicyclic) bond motifs is 1. The van der Waals surface area contributed by atoms with Gasteiger partial charge in [-0.2, -0.15) is 0 Å². The number of guanidine groups is 1. The molecule has 0 spiro atoms. The Labute approximate surface area is 328 Å². The first-order valence-corrected chi connectivity index (χ1v) is 18.4. The van der Waals surface area contributed by atoms with Crippen molar-refractivity contribution in [2.24, 2.45) is 22.2 Å². The molecule has 4 atom stereocenters. The van der Waals surface area contributed by atoms with Crippen LogP contribution in [-0.4, -0.2) is 98.7 Å². The molecule has 304 valence electrons. The van der Waals surface area contributed by atoms with Crippen LogP contribution in [0, 0.1) is 0 Å². The van der Waals surface area contributed by atoms with E-state index in [0.29, 0.717) is 23.2 Å². The molecule has 0 aliphatic heterocycles. The summed E-state index contributed by atoms with van der Waals surface area (Å²) < 4.78 is 0. The number of phenolic OH excluding ortho intramolecular Hbond substituents is 1. The van der Waals surface area contributed by atoms with Gasteiger partial charge >= 0.3 is 0 Å². The molecule has 0 bridgehead atoms. The number of aromatic hydroxyl groups is 1. The summed E-state index contributed by atoms with van der Waals surface area (Å²) in [6.07, 6.45) is 5.58. The number of amides is 6. The minimum absolute atomic E-state index is 0.00641. The molecular weight excluding hydrogens is 736 g/mol. The highest BCUT2D eigenvalue weighted by molar-refractivity contribution is 5.96. The minimum Gasteiger partial charge on any atom is -0.508 e. The number of aromatic amines is 2. The summed E-state index contributed by atoms with van der Waals surface area (Å²) in [5.74, 6) is -4.20. The Morgan fingerprint density at radius 1 is 0.789 bits per heavy atom. The van der Waals surface area contributed by atoms with E-state index in [0.717, 1.165) is 10.9 Å². The largest absolute Gasteiger partial charge is 0.508 e. The molecule has 57 heavy (non-hydrogen) atoms. The number of nitrogens with two attached hydrogens (primary N) is 3. The lowest BCUT2D eigenvalue weighted by Crippen LogP contribution is -2.59. The number of benzene rings is 2. The molecule has 0 aliphatic rings. The summed E-state index contributed by atoms with van der Waals surface area (Å²) in [6.45, 7) is 1.46. The van der Waals surface area contributed by atoms with Crippen LogP contribution in [0.15, 0.2) is 72.2 Å². The van der Waals surface area contributed by atoms with Gasteiger partial charge in [-0.25, -0.2) is 4.98 Å². The SMILES string of the molecule is CCCC(=O)N[C@@H](Cc1cnc[nH]1)C(=O)N[C@H](Cc1ccc(O)cc1)C(=O)N[C@@H](CCCN=C(N)N)C(=O)N[C@@H](Cc1c[nH]c2ccccc12)C(=O)NCC(N)=O. The van der Waals surface area contributed by atoms with Crippen molar-refractivity contribution in [2.75, 3.05) is 13.1 Å². The number of phenols is 1. The van der Waals surface area contributed by atoms with Crippen LogP contribution in [0.4, 0.5) is 0 Å². The van der Waals surface area contributed by atoms with E-state index in [1.165, 1.54) is 24.7 Å². The highest BCUT2D eigenvalue weighted by atomic mass is 16.3. The van der Waals surface area contributed by atoms with Gasteiger partial charge in [0.15, 0.2) is 5.96 Å². The molecule has 6 amide bonds. The monoisotopic (exact) mass is 786 g/mol. The number of carbonyl (C=O) groups excluding carboxylic acids is 6. The van der Waals surface area contributed by atoms with Crippen LogP contribution in [-0.2, 0) is 48.0 Å². The highest BCUT2D eigenvalue weighted by Crippen LogP contribution is 2.19. The average Bonchev–Trinajstić information content (AvgIpc) is 3.85. The fraction of sp³-hybridized carbons (Fsp3) is 0.368. The van der Waals surface area contributed by atoms with Crippen LogP contribution in [0.5, 0.6) is 5.75 Å². The Kier molecular flexibility index (Phi) is 16.0. The summed E-state index contributed by atoms with van der Waals surface area (Å²) in [5, 5.41) is 24.0. The molecule has 0 saturated carbocycles. The topological polar surface area (TPSA) is 318 Å². The van der Waals surface area contributed by atoms with Crippen LogP contribution in [0.2, 0.25) is 0 Å². The van der Waals surface area contributed by atoms with Crippen molar-refractivity contribution in [3.05, 3.63) is 84.1 Å². The van der Waals surface area contributed by atoms with Gasteiger partial charge in [0.25, 0.3) is 0 Å². The number of nitrogens with zero attached hydrogens (tertiary/aromatic N) is 2. The predicted octanol–water partition coefficient (Wildman–Crippen LogP) is -0.981. The molecule has 0 aliphatic carbocycles. The molecule has 2 aromatic heterocycles. The fourth-order valence-electron chi connectivity index (χ4n) is 6.01. The van der Waals surface area contributed by atoms with Crippen LogP contribution < -0.4 is 43.8 Å². The Morgan fingerprint density at radius 3 is 2.09 bits per heavy atom. The molecule has 2 aromatic carbocycles. The van der Waals surface area contributed by atoms with Gasteiger partial charge in [-0.05, 0) is 48.6 Å². The maximum Gasteiger partial charge on any atom is 0.243 e. The van der Waals surface area contributed by atoms with E-state index < -0.39 is 60.2 Å². The molecule has 19 heteroatoms. The Balaban J connectivity index is 1.62. The third kappa shape index (κ3) is 13.7. The van der Waals surface area contributed by atoms with E-state index in [1.807, 2.05) is 31.2 Å². The van der Waals surface area contributed by atoms with Gasteiger partial charge in [-0.3, -0.25) is 33.8 Å². The summed E-state index contributed by atoms with van der Waals surface area (Å²) in [5.41, 5.74) is 18.9. The number of nitrogens with one attached hydrogen (secondary N) is 7. The molecule has 0 saturated heterocycles. The number of hydrogen-bond acceptors (Lipinski definition) is 9. The number of aliphatic imine (C=N–C) groups is 1. The third-order valence-electron chi connectivity index (χ3n) is 8.86. The first-order valence-electron chi connectivity index (χ1n) is 18.4. The van der Waals surface area contributed by atoms with E-state index in [1.54, 1.807) is 18.3 Å². The normalized spacial score (nSPS) is 13.0. The predicted molar refractivity (Wildman–Crippen MR) is 211 cm³/mol. The standard InChI is InChI=1S/C38H50N12O7/c1-2-6-33(53)47-31(17-24-19-42-21-46-24)37(57)49-29(15-22-10-12-25(51)13-11-22)36(56)48-28(9-5-14-43-38(40)41)35(55)50-30(34(54)45-20-32(39)52)16-23-18-44-27-8-4-3-7-26(23)27/h3-4,7-8,10-13,18-19,21,28-31,44,51H,2,5-6,9,14-17,20H2,1H3,(H2,39,52)(H,42,46)(H,45,54)(H,47,53)(H,48,56)(H,49,57)(H,50,55)(H4,40,41,43)/t28-,29+,30-,31-/m0/s1. The number of carbonyl (C=O) groups is 6. The Bertz CT molecular complexity index is 2010. The fourth-order valence-corrected chi connectivity index (χ4v) is 6.01. The number of aromatic nitrogens is 3. The summed E-state index contributed by atoms with van der Waals surface area (Å²) >= 11 is 0. The van der Waals surface area contributed by atoms with E-state index >= 15 is 0 Å². The first kappa shape index (κ1) is 42.8. The zero-order valence-electron chi connectivity index (χ0n) is 31.5. The number of rotatable bonds is 22. The van der Waals surface area contributed by atoms with E-state index in [4.69, 9.17) is 17.2 Å². The lowest BCUT2D eigenvalue weighted by atomic mass is 10.0. The summed E-state index contributed by atoms with van der Waals surface area (Å²) in [7, 11) is 0. The molecule has 14 N–H and O–H groups in total. The van der Waals surface area contributed by atoms with Crippen LogP contribution in [0.1, 0.15) is 49.4 Å². The minimum atomic E-state index is -1.29.